The average molecular weight is 254 g/mol. The van der Waals surface area contributed by atoms with Gasteiger partial charge in [-0.2, -0.15) is 0 Å². The van der Waals surface area contributed by atoms with Crippen LogP contribution in [0.5, 0.6) is 0 Å². The fraction of sp³-hybridized carbons (Fsp3) is 0.933. The average Bonchev–Trinajstić information content (AvgIpc) is 2.33. The molecule has 3 N–H and O–H groups in total. The van der Waals surface area contributed by atoms with Gasteiger partial charge in [0, 0.05) is 18.5 Å². The van der Waals surface area contributed by atoms with Gasteiger partial charge in [-0.25, -0.2) is 0 Å². The summed E-state index contributed by atoms with van der Waals surface area (Å²) >= 11 is 0. The lowest BCUT2D eigenvalue weighted by Gasteiger charge is -2.23. The number of hydrogen-bond acceptors (Lipinski definition) is 2. The largest absolute Gasteiger partial charge is 0.352 e. The van der Waals surface area contributed by atoms with E-state index in [1.54, 1.807) is 0 Å². The van der Waals surface area contributed by atoms with Crippen LogP contribution < -0.4 is 11.1 Å². The Morgan fingerprint density at radius 2 is 1.83 bits per heavy atom. The van der Waals surface area contributed by atoms with E-state index in [4.69, 9.17) is 5.73 Å². The van der Waals surface area contributed by atoms with Crippen LogP contribution in [0.3, 0.4) is 0 Å². The number of amides is 1. The Kier molecular flexibility index (Phi) is 8.06. The minimum atomic E-state index is 0.183. The van der Waals surface area contributed by atoms with Gasteiger partial charge in [0.2, 0.25) is 5.91 Å². The zero-order valence-corrected chi connectivity index (χ0v) is 11.9. The van der Waals surface area contributed by atoms with Crippen LogP contribution >= 0.6 is 0 Å². The molecule has 0 aromatic rings. The first kappa shape index (κ1) is 15.5. The van der Waals surface area contributed by atoms with Crippen molar-refractivity contribution in [2.45, 2.75) is 77.2 Å². The first-order chi connectivity index (χ1) is 8.77. The highest BCUT2D eigenvalue weighted by molar-refractivity contribution is 5.78. The molecule has 18 heavy (non-hydrogen) atoms. The Bertz CT molecular complexity index is 223. The van der Waals surface area contributed by atoms with Crippen molar-refractivity contribution in [3.05, 3.63) is 0 Å². The molecule has 3 heteroatoms. The highest BCUT2D eigenvalue weighted by Gasteiger charge is 2.21. The fourth-order valence-corrected chi connectivity index (χ4v) is 2.74. The summed E-state index contributed by atoms with van der Waals surface area (Å²) in [6, 6.07) is 0.183. The number of rotatable bonds is 6. The first-order valence-electron chi connectivity index (χ1n) is 7.78. The molecule has 106 valence electrons. The van der Waals surface area contributed by atoms with Crippen LogP contribution in [-0.2, 0) is 4.79 Å². The molecule has 0 aromatic carbocycles. The van der Waals surface area contributed by atoms with Crippen molar-refractivity contribution in [1.82, 2.24) is 5.32 Å². The molecule has 1 fully saturated rings. The molecular weight excluding hydrogens is 224 g/mol. The third-order valence-electron chi connectivity index (χ3n) is 4.01. The molecule has 1 atom stereocenters. The predicted octanol–water partition coefficient (Wildman–Crippen LogP) is 2.98. The highest BCUT2D eigenvalue weighted by atomic mass is 16.1. The maximum absolute atomic E-state index is 12.2. The van der Waals surface area contributed by atoms with Crippen molar-refractivity contribution in [2.24, 2.45) is 11.7 Å². The molecule has 0 bridgehead atoms. The lowest BCUT2D eigenvalue weighted by Crippen LogP contribution is -2.43. The minimum absolute atomic E-state index is 0.183. The zero-order valence-electron chi connectivity index (χ0n) is 11.9. The summed E-state index contributed by atoms with van der Waals surface area (Å²) in [5.74, 6) is 0.490. The summed E-state index contributed by atoms with van der Waals surface area (Å²) in [6.07, 6.45) is 11.8. The molecule has 1 saturated carbocycles. The van der Waals surface area contributed by atoms with Crippen molar-refractivity contribution >= 4 is 5.91 Å². The maximum Gasteiger partial charge on any atom is 0.223 e. The normalized spacial score (nSPS) is 19.9. The molecule has 1 rings (SSSR count). The standard InChI is InChI=1S/C15H30N2O/c1-2-3-11-14(12-16)17-15(18)13-9-7-5-4-6-8-10-13/h13-14H,2-12,16H2,1H3,(H,17,18). The van der Waals surface area contributed by atoms with Gasteiger partial charge < -0.3 is 11.1 Å². The Balaban J connectivity index is 2.35. The summed E-state index contributed by atoms with van der Waals surface area (Å²) in [5, 5.41) is 3.16. The van der Waals surface area contributed by atoms with Crippen molar-refractivity contribution in [3.63, 3.8) is 0 Å². The van der Waals surface area contributed by atoms with Gasteiger partial charge in [-0.1, -0.05) is 51.9 Å². The quantitative estimate of drug-likeness (QED) is 0.765. The minimum Gasteiger partial charge on any atom is -0.352 e. The van der Waals surface area contributed by atoms with E-state index in [1.807, 2.05) is 0 Å². The number of nitrogens with two attached hydrogens (primary N) is 1. The second-order valence-corrected chi connectivity index (χ2v) is 5.63. The summed E-state index contributed by atoms with van der Waals surface area (Å²) in [5.41, 5.74) is 5.73. The molecule has 1 aliphatic carbocycles. The topological polar surface area (TPSA) is 55.1 Å². The Morgan fingerprint density at radius 3 is 2.39 bits per heavy atom. The fourth-order valence-electron chi connectivity index (χ4n) is 2.74. The number of unbranched alkanes of at least 4 members (excludes halogenated alkanes) is 1. The van der Waals surface area contributed by atoms with E-state index in [-0.39, 0.29) is 17.9 Å². The Morgan fingerprint density at radius 1 is 1.22 bits per heavy atom. The SMILES string of the molecule is CCCCC(CN)NC(=O)C1CCCCCCC1. The van der Waals surface area contributed by atoms with Crippen LogP contribution in [0.2, 0.25) is 0 Å². The Labute approximate surface area is 112 Å². The van der Waals surface area contributed by atoms with Crippen LogP contribution in [0, 0.1) is 5.92 Å². The van der Waals surface area contributed by atoms with E-state index < -0.39 is 0 Å². The van der Waals surface area contributed by atoms with E-state index in [0.29, 0.717) is 6.54 Å². The second-order valence-electron chi connectivity index (χ2n) is 5.63. The number of carbonyl (C=O) groups excluding carboxylic acids is 1. The molecular formula is C15H30N2O. The molecule has 1 unspecified atom stereocenters. The molecule has 1 amide bonds. The monoisotopic (exact) mass is 254 g/mol. The third-order valence-corrected chi connectivity index (χ3v) is 4.01. The van der Waals surface area contributed by atoms with E-state index in [1.165, 1.54) is 32.1 Å². The molecule has 0 aliphatic heterocycles. The molecule has 0 heterocycles. The molecule has 0 aromatic heterocycles. The smallest absolute Gasteiger partial charge is 0.223 e. The van der Waals surface area contributed by atoms with Crippen LogP contribution in [0.15, 0.2) is 0 Å². The zero-order chi connectivity index (χ0) is 13.2. The lowest BCUT2D eigenvalue weighted by atomic mass is 9.90. The van der Waals surface area contributed by atoms with Gasteiger partial charge in [0.05, 0.1) is 0 Å². The van der Waals surface area contributed by atoms with Gasteiger partial charge in [0.15, 0.2) is 0 Å². The molecule has 1 aliphatic rings. The van der Waals surface area contributed by atoms with Crippen LogP contribution in [0.1, 0.15) is 71.1 Å². The van der Waals surface area contributed by atoms with Gasteiger partial charge in [-0.3, -0.25) is 4.79 Å². The van der Waals surface area contributed by atoms with Crippen molar-refractivity contribution < 1.29 is 4.79 Å². The predicted molar refractivity (Wildman–Crippen MR) is 76.3 cm³/mol. The van der Waals surface area contributed by atoms with E-state index in [2.05, 4.69) is 12.2 Å². The van der Waals surface area contributed by atoms with Crippen molar-refractivity contribution in [1.29, 1.82) is 0 Å². The molecule has 0 saturated heterocycles. The van der Waals surface area contributed by atoms with Gasteiger partial charge in [-0.05, 0) is 19.3 Å². The number of carbonyl (C=O) groups is 1. The van der Waals surface area contributed by atoms with Crippen molar-refractivity contribution in [2.75, 3.05) is 6.54 Å². The first-order valence-corrected chi connectivity index (χ1v) is 7.78. The highest BCUT2D eigenvalue weighted by Crippen LogP contribution is 2.22. The molecule has 0 spiro atoms. The van der Waals surface area contributed by atoms with E-state index >= 15 is 0 Å². The van der Waals surface area contributed by atoms with E-state index in [9.17, 15) is 4.79 Å². The summed E-state index contributed by atoms with van der Waals surface area (Å²) in [6.45, 7) is 2.74. The van der Waals surface area contributed by atoms with Gasteiger partial charge >= 0.3 is 0 Å². The number of nitrogens with one attached hydrogen (secondary N) is 1. The van der Waals surface area contributed by atoms with Crippen LogP contribution in [-0.4, -0.2) is 18.5 Å². The van der Waals surface area contributed by atoms with Crippen molar-refractivity contribution in [3.8, 4) is 0 Å². The lowest BCUT2D eigenvalue weighted by molar-refractivity contribution is -0.126. The second kappa shape index (κ2) is 9.37. The maximum atomic E-state index is 12.2. The Hall–Kier alpha value is -0.570. The summed E-state index contributed by atoms with van der Waals surface area (Å²) in [7, 11) is 0. The van der Waals surface area contributed by atoms with Crippen LogP contribution in [0.4, 0.5) is 0 Å². The van der Waals surface area contributed by atoms with Gasteiger partial charge in [0.1, 0.15) is 0 Å². The summed E-state index contributed by atoms with van der Waals surface area (Å²) < 4.78 is 0. The van der Waals surface area contributed by atoms with E-state index in [0.717, 1.165) is 32.1 Å². The molecule has 0 radical (unpaired) electrons. The number of hydrogen-bond donors (Lipinski definition) is 2. The molecule has 3 nitrogen and oxygen atoms in total. The van der Waals surface area contributed by atoms with Crippen LogP contribution in [0.25, 0.3) is 0 Å². The van der Waals surface area contributed by atoms with Gasteiger partial charge in [-0.15, -0.1) is 0 Å². The summed E-state index contributed by atoms with van der Waals surface area (Å²) in [4.78, 5) is 12.2. The third kappa shape index (κ3) is 5.85. The van der Waals surface area contributed by atoms with Gasteiger partial charge in [0.25, 0.3) is 0 Å².